The molecular formula is C17H22N2O3. The average Bonchev–Trinajstić information content (AvgIpc) is 2.76. The molecule has 1 spiro atoms. The van der Waals surface area contributed by atoms with Crippen LogP contribution in [0.15, 0.2) is 24.3 Å². The number of imide groups is 1. The zero-order chi connectivity index (χ0) is 15.7. The number of methoxy groups -OCH3 is 1. The van der Waals surface area contributed by atoms with Crippen LogP contribution in [0.25, 0.3) is 0 Å². The molecular weight excluding hydrogens is 280 g/mol. The molecule has 1 aromatic carbocycles. The van der Waals surface area contributed by atoms with Gasteiger partial charge in [0.1, 0.15) is 11.3 Å². The van der Waals surface area contributed by atoms with E-state index in [1.165, 1.54) is 4.90 Å². The molecule has 3 amide bonds. The van der Waals surface area contributed by atoms with Gasteiger partial charge < -0.3 is 10.1 Å². The summed E-state index contributed by atoms with van der Waals surface area (Å²) in [5, 5.41) is 2.97. The number of amides is 3. The Morgan fingerprint density at radius 3 is 2.91 bits per heavy atom. The lowest BCUT2D eigenvalue weighted by Gasteiger charge is -2.36. The molecule has 0 unspecified atom stereocenters. The Hall–Kier alpha value is -2.04. The van der Waals surface area contributed by atoms with Gasteiger partial charge in [-0.2, -0.15) is 0 Å². The van der Waals surface area contributed by atoms with Crippen molar-refractivity contribution in [1.82, 2.24) is 10.2 Å². The molecule has 1 saturated heterocycles. The molecule has 1 heterocycles. The predicted molar refractivity (Wildman–Crippen MR) is 82.4 cm³/mol. The van der Waals surface area contributed by atoms with Gasteiger partial charge in [0.2, 0.25) is 0 Å². The normalized spacial score (nSPS) is 28.1. The molecule has 1 N–H and O–H groups in total. The monoisotopic (exact) mass is 302 g/mol. The van der Waals surface area contributed by atoms with Gasteiger partial charge in [0.25, 0.3) is 5.91 Å². The lowest BCUT2D eigenvalue weighted by Crippen LogP contribution is -2.53. The van der Waals surface area contributed by atoms with E-state index in [0.29, 0.717) is 0 Å². The number of carbonyl (C=O) groups is 2. The number of hydrogen-bond donors (Lipinski definition) is 1. The largest absolute Gasteiger partial charge is 0.497 e. The minimum atomic E-state index is -0.686. The topological polar surface area (TPSA) is 58.6 Å². The minimum Gasteiger partial charge on any atom is -0.497 e. The number of carbonyl (C=O) groups excluding carboxylic acids is 2. The van der Waals surface area contributed by atoms with Gasteiger partial charge in [-0.15, -0.1) is 0 Å². The highest BCUT2D eigenvalue weighted by Gasteiger charge is 2.54. The summed E-state index contributed by atoms with van der Waals surface area (Å²) in [6.45, 7) is 2.35. The van der Waals surface area contributed by atoms with Crippen molar-refractivity contribution in [3.63, 3.8) is 0 Å². The van der Waals surface area contributed by atoms with Crippen molar-refractivity contribution in [2.45, 2.75) is 44.7 Å². The van der Waals surface area contributed by atoms with Crippen molar-refractivity contribution in [2.75, 3.05) is 7.11 Å². The summed E-state index contributed by atoms with van der Waals surface area (Å²) < 4.78 is 5.20. The first kappa shape index (κ1) is 14.9. The van der Waals surface area contributed by atoms with E-state index in [1.807, 2.05) is 24.3 Å². The number of hydrogen-bond acceptors (Lipinski definition) is 3. The number of benzene rings is 1. The van der Waals surface area contributed by atoms with E-state index in [-0.39, 0.29) is 24.4 Å². The second kappa shape index (κ2) is 5.63. The van der Waals surface area contributed by atoms with Gasteiger partial charge in [-0.3, -0.25) is 9.69 Å². The molecule has 1 aliphatic carbocycles. The lowest BCUT2D eigenvalue weighted by molar-refractivity contribution is -0.134. The molecule has 2 atom stereocenters. The van der Waals surface area contributed by atoms with Gasteiger partial charge in [0.15, 0.2) is 0 Å². The molecule has 22 heavy (non-hydrogen) atoms. The molecule has 2 fully saturated rings. The Morgan fingerprint density at radius 1 is 1.36 bits per heavy atom. The maximum absolute atomic E-state index is 12.9. The van der Waals surface area contributed by atoms with E-state index in [1.54, 1.807) is 7.11 Å². The van der Waals surface area contributed by atoms with Crippen molar-refractivity contribution in [3.8, 4) is 5.75 Å². The maximum atomic E-state index is 12.9. The van der Waals surface area contributed by atoms with Crippen LogP contribution >= 0.6 is 0 Å². The molecule has 0 bridgehead atoms. The van der Waals surface area contributed by atoms with E-state index in [4.69, 9.17) is 4.74 Å². The smallest absolute Gasteiger partial charge is 0.325 e. The van der Waals surface area contributed by atoms with E-state index >= 15 is 0 Å². The van der Waals surface area contributed by atoms with Gasteiger partial charge in [-0.25, -0.2) is 4.79 Å². The molecule has 118 valence electrons. The van der Waals surface area contributed by atoms with Crippen LogP contribution in [-0.4, -0.2) is 29.5 Å². The number of ether oxygens (including phenoxy) is 1. The molecule has 3 rings (SSSR count). The van der Waals surface area contributed by atoms with Crippen LogP contribution in [0.5, 0.6) is 5.75 Å². The summed E-state index contributed by atoms with van der Waals surface area (Å²) in [5.41, 5.74) is 0.206. The third kappa shape index (κ3) is 2.34. The fourth-order valence-corrected chi connectivity index (χ4v) is 3.59. The Labute approximate surface area is 130 Å². The van der Waals surface area contributed by atoms with Crippen LogP contribution in [0.3, 0.4) is 0 Å². The predicted octanol–water partition coefficient (Wildman–Crippen LogP) is 2.70. The first-order valence-corrected chi connectivity index (χ1v) is 7.84. The van der Waals surface area contributed by atoms with Crippen molar-refractivity contribution in [3.05, 3.63) is 29.8 Å². The number of urea groups is 1. The Morgan fingerprint density at radius 2 is 2.18 bits per heavy atom. The SMILES string of the molecule is COc1cccc(CN2C(=O)N[C@@]3(CCCC[C@H]3C)C2=O)c1. The van der Waals surface area contributed by atoms with Gasteiger partial charge in [0.05, 0.1) is 13.7 Å². The Bertz CT molecular complexity index is 601. The standard InChI is InChI=1S/C17H22N2O3/c1-12-6-3-4-9-17(12)15(20)19(16(21)18-17)11-13-7-5-8-14(10-13)22-2/h5,7-8,10,12H,3-4,6,9,11H2,1-2H3,(H,18,21)/t12-,17-/m1/s1. The average molecular weight is 302 g/mol. The molecule has 1 aromatic rings. The van der Waals surface area contributed by atoms with Crippen molar-refractivity contribution < 1.29 is 14.3 Å². The van der Waals surface area contributed by atoms with Crippen LogP contribution < -0.4 is 10.1 Å². The zero-order valence-corrected chi connectivity index (χ0v) is 13.1. The second-order valence-electron chi connectivity index (χ2n) is 6.29. The highest BCUT2D eigenvalue weighted by atomic mass is 16.5. The third-order valence-corrected chi connectivity index (χ3v) is 4.98. The van der Waals surface area contributed by atoms with Crippen LogP contribution in [0.1, 0.15) is 38.2 Å². The summed E-state index contributed by atoms with van der Waals surface area (Å²) in [4.78, 5) is 26.5. The summed E-state index contributed by atoms with van der Waals surface area (Å²) >= 11 is 0. The van der Waals surface area contributed by atoms with Crippen LogP contribution in [0, 0.1) is 5.92 Å². The molecule has 1 saturated carbocycles. The van der Waals surface area contributed by atoms with Gasteiger partial charge in [-0.05, 0) is 36.5 Å². The van der Waals surface area contributed by atoms with Crippen LogP contribution in [0.4, 0.5) is 4.79 Å². The Kier molecular flexibility index (Phi) is 3.81. The summed E-state index contributed by atoms with van der Waals surface area (Å²) in [6.07, 6.45) is 3.84. The number of nitrogens with one attached hydrogen (secondary N) is 1. The minimum absolute atomic E-state index is 0.0764. The van der Waals surface area contributed by atoms with Crippen molar-refractivity contribution in [2.24, 2.45) is 5.92 Å². The molecule has 0 aromatic heterocycles. The first-order valence-electron chi connectivity index (χ1n) is 7.84. The van der Waals surface area contributed by atoms with E-state index in [0.717, 1.165) is 37.0 Å². The van der Waals surface area contributed by atoms with Crippen molar-refractivity contribution in [1.29, 1.82) is 0 Å². The van der Waals surface area contributed by atoms with Gasteiger partial charge in [-0.1, -0.05) is 31.9 Å². The van der Waals surface area contributed by atoms with Crippen LogP contribution in [0.2, 0.25) is 0 Å². The number of nitrogens with zero attached hydrogens (tertiary/aromatic N) is 1. The lowest BCUT2D eigenvalue weighted by atomic mass is 9.73. The van der Waals surface area contributed by atoms with Gasteiger partial charge >= 0.3 is 6.03 Å². The first-order chi connectivity index (χ1) is 10.6. The van der Waals surface area contributed by atoms with Crippen LogP contribution in [-0.2, 0) is 11.3 Å². The van der Waals surface area contributed by atoms with E-state index in [9.17, 15) is 9.59 Å². The maximum Gasteiger partial charge on any atom is 0.325 e. The molecule has 5 heteroatoms. The summed E-state index contributed by atoms with van der Waals surface area (Å²) in [6, 6.07) is 7.20. The zero-order valence-electron chi connectivity index (χ0n) is 13.1. The fourth-order valence-electron chi connectivity index (χ4n) is 3.59. The Balaban J connectivity index is 1.82. The molecule has 1 aliphatic heterocycles. The second-order valence-corrected chi connectivity index (χ2v) is 6.29. The molecule has 2 aliphatic rings. The van der Waals surface area contributed by atoms with Crippen molar-refractivity contribution >= 4 is 11.9 Å². The molecule has 5 nitrogen and oxygen atoms in total. The van der Waals surface area contributed by atoms with E-state index in [2.05, 4.69) is 12.2 Å². The highest BCUT2D eigenvalue weighted by molar-refractivity contribution is 6.07. The summed E-state index contributed by atoms with van der Waals surface area (Å²) in [7, 11) is 1.60. The molecule has 0 radical (unpaired) electrons. The quantitative estimate of drug-likeness (QED) is 0.873. The van der Waals surface area contributed by atoms with E-state index < -0.39 is 5.54 Å². The highest BCUT2D eigenvalue weighted by Crippen LogP contribution is 2.38. The summed E-state index contributed by atoms with van der Waals surface area (Å²) in [5.74, 6) is 0.839. The third-order valence-electron chi connectivity index (χ3n) is 4.98. The van der Waals surface area contributed by atoms with Gasteiger partial charge in [0, 0.05) is 0 Å². The number of rotatable bonds is 3. The fraction of sp³-hybridized carbons (Fsp3) is 0.529.